The van der Waals surface area contributed by atoms with Crippen molar-refractivity contribution >= 4 is 0 Å². The second-order valence-electron chi connectivity index (χ2n) is 6.37. The Bertz CT molecular complexity index is 235. The van der Waals surface area contributed by atoms with Crippen molar-refractivity contribution in [2.75, 3.05) is 13.2 Å². The molecule has 106 valence electrons. The molecule has 0 spiro atoms. The number of hydrogen-bond acceptors (Lipinski definition) is 2. The predicted molar refractivity (Wildman–Crippen MR) is 76.7 cm³/mol. The summed E-state index contributed by atoms with van der Waals surface area (Å²) in [5, 5.41) is 3.79. The van der Waals surface area contributed by atoms with Crippen LogP contribution in [0, 0.1) is 17.8 Å². The lowest BCUT2D eigenvalue weighted by atomic mass is 9.73. The molecule has 1 aliphatic heterocycles. The first kappa shape index (κ1) is 14.3. The van der Waals surface area contributed by atoms with Gasteiger partial charge in [-0.3, -0.25) is 0 Å². The van der Waals surface area contributed by atoms with E-state index in [0.29, 0.717) is 12.1 Å². The van der Waals surface area contributed by atoms with Gasteiger partial charge in [0.15, 0.2) is 0 Å². The SMILES string of the molecule is CCNC(C1CCC(C)CC1)C1CCOC1CC. The second kappa shape index (κ2) is 6.91. The van der Waals surface area contributed by atoms with E-state index in [4.69, 9.17) is 4.74 Å². The lowest BCUT2D eigenvalue weighted by Crippen LogP contribution is -2.46. The highest BCUT2D eigenvalue weighted by Gasteiger charge is 2.38. The Hall–Kier alpha value is -0.0800. The molecule has 3 unspecified atom stereocenters. The standard InChI is InChI=1S/C16H31NO/c1-4-15-14(10-11-18-15)16(17-5-2)13-8-6-12(3)7-9-13/h12-17H,4-11H2,1-3H3. The third-order valence-electron chi connectivity index (χ3n) is 5.13. The number of ether oxygens (including phenoxy) is 1. The van der Waals surface area contributed by atoms with Crippen molar-refractivity contribution in [1.82, 2.24) is 5.32 Å². The minimum absolute atomic E-state index is 0.508. The minimum atomic E-state index is 0.508. The van der Waals surface area contributed by atoms with Crippen LogP contribution in [0.1, 0.15) is 59.3 Å². The minimum Gasteiger partial charge on any atom is -0.378 e. The largest absolute Gasteiger partial charge is 0.378 e. The van der Waals surface area contributed by atoms with Gasteiger partial charge in [-0.15, -0.1) is 0 Å². The molecule has 0 radical (unpaired) electrons. The maximum absolute atomic E-state index is 5.91. The summed E-state index contributed by atoms with van der Waals surface area (Å²) in [4.78, 5) is 0. The Morgan fingerprint density at radius 1 is 1.11 bits per heavy atom. The lowest BCUT2D eigenvalue weighted by Gasteiger charge is -2.38. The van der Waals surface area contributed by atoms with Gasteiger partial charge in [0.25, 0.3) is 0 Å². The molecule has 0 aromatic rings. The van der Waals surface area contributed by atoms with Crippen LogP contribution in [0.15, 0.2) is 0 Å². The van der Waals surface area contributed by atoms with Crippen molar-refractivity contribution in [3.05, 3.63) is 0 Å². The number of nitrogens with one attached hydrogen (secondary N) is 1. The van der Waals surface area contributed by atoms with E-state index in [1.54, 1.807) is 0 Å². The molecule has 0 amide bonds. The summed E-state index contributed by atoms with van der Waals surface area (Å²) in [6.45, 7) is 9.01. The molecule has 0 aromatic carbocycles. The fourth-order valence-corrected chi connectivity index (χ4v) is 4.04. The summed E-state index contributed by atoms with van der Waals surface area (Å²) in [6.07, 6.45) is 8.65. The van der Waals surface area contributed by atoms with Crippen LogP contribution in [0.2, 0.25) is 0 Å². The Morgan fingerprint density at radius 2 is 1.83 bits per heavy atom. The average Bonchev–Trinajstić information content (AvgIpc) is 2.85. The molecule has 1 saturated carbocycles. The fraction of sp³-hybridized carbons (Fsp3) is 1.00. The summed E-state index contributed by atoms with van der Waals surface area (Å²) in [7, 11) is 0. The third kappa shape index (κ3) is 3.27. The van der Waals surface area contributed by atoms with Gasteiger partial charge in [0.2, 0.25) is 0 Å². The lowest BCUT2D eigenvalue weighted by molar-refractivity contribution is 0.0633. The molecule has 2 rings (SSSR count). The van der Waals surface area contributed by atoms with Crippen LogP contribution < -0.4 is 5.32 Å². The van der Waals surface area contributed by atoms with Gasteiger partial charge < -0.3 is 10.1 Å². The maximum atomic E-state index is 5.91. The molecule has 18 heavy (non-hydrogen) atoms. The van der Waals surface area contributed by atoms with Crippen molar-refractivity contribution in [2.45, 2.75) is 71.4 Å². The molecule has 1 heterocycles. The van der Waals surface area contributed by atoms with E-state index in [1.165, 1.54) is 38.5 Å². The van der Waals surface area contributed by atoms with E-state index in [-0.39, 0.29) is 0 Å². The van der Waals surface area contributed by atoms with Gasteiger partial charge in [0, 0.05) is 18.6 Å². The van der Waals surface area contributed by atoms with Crippen LogP contribution in [0.25, 0.3) is 0 Å². The average molecular weight is 253 g/mol. The zero-order valence-corrected chi connectivity index (χ0v) is 12.5. The van der Waals surface area contributed by atoms with Crippen molar-refractivity contribution < 1.29 is 4.74 Å². The molecule has 2 aliphatic rings. The van der Waals surface area contributed by atoms with Crippen molar-refractivity contribution in [2.24, 2.45) is 17.8 Å². The van der Waals surface area contributed by atoms with Crippen LogP contribution in [-0.2, 0) is 4.74 Å². The van der Waals surface area contributed by atoms with Crippen LogP contribution in [0.5, 0.6) is 0 Å². The molecule has 2 nitrogen and oxygen atoms in total. The summed E-state index contributed by atoms with van der Waals surface area (Å²) in [5.41, 5.74) is 0. The van der Waals surface area contributed by atoms with E-state index in [0.717, 1.165) is 30.9 Å². The van der Waals surface area contributed by atoms with E-state index in [9.17, 15) is 0 Å². The molecule has 0 bridgehead atoms. The van der Waals surface area contributed by atoms with Gasteiger partial charge in [0.1, 0.15) is 0 Å². The normalized spacial score (nSPS) is 38.8. The zero-order valence-electron chi connectivity index (χ0n) is 12.5. The summed E-state index contributed by atoms with van der Waals surface area (Å²) >= 11 is 0. The molecular formula is C16H31NO. The van der Waals surface area contributed by atoms with Gasteiger partial charge in [0.05, 0.1) is 6.10 Å². The van der Waals surface area contributed by atoms with Crippen LogP contribution in [0.3, 0.4) is 0 Å². The van der Waals surface area contributed by atoms with E-state index in [2.05, 4.69) is 26.1 Å². The van der Waals surface area contributed by atoms with Crippen molar-refractivity contribution in [3.63, 3.8) is 0 Å². The van der Waals surface area contributed by atoms with E-state index >= 15 is 0 Å². The maximum Gasteiger partial charge on any atom is 0.0616 e. The van der Waals surface area contributed by atoms with Crippen molar-refractivity contribution in [3.8, 4) is 0 Å². The highest BCUT2D eigenvalue weighted by Crippen LogP contribution is 2.37. The summed E-state index contributed by atoms with van der Waals surface area (Å²) in [5.74, 6) is 2.60. The first-order valence-electron chi connectivity index (χ1n) is 8.11. The third-order valence-corrected chi connectivity index (χ3v) is 5.13. The first-order chi connectivity index (χ1) is 8.76. The van der Waals surface area contributed by atoms with E-state index < -0.39 is 0 Å². The van der Waals surface area contributed by atoms with Gasteiger partial charge in [-0.1, -0.05) is 33.6 Å². The molecule has 1 N–H and O–H groups in total. The Balaban J connectivity index is 1.98. The monoisotopic (exact) mass is 253 g/mol. The smallest absolute Gasteiger partial charge is 0.0616 e. The van der Waals surface area contributed by atoms with Gasteiger partial charge >= 0.3 is 0 Å². The highest BCUT2D eigenvalue weighted by molar-refractivity contribution is 4.91. The first-order valence-corrected chi connectivity index (χ1v) is 8.11. The molecule has 2 heteroatoms. The van der Waals surface area contributed by atoms with Crippen LogP contribution >= 0.6 is 0 Å². The molecule has 2 fully saturated rings. The Labute approximate surface area is 113 Å². The molecular weight excluding hydrogens is 222 g/mol. The quantitative estimate of drug-likeness (QED) is 0.808. The Kier molecular flexibility index (Phi) is 5.50. The molecule has 3 atom stereocenters. The van der Waals surface area contributed by atoms with Gasteiger partial charge in [-0.25, -0.2) is 0 Å². The van der Waals surface area contributed by atoms with Crippen LogP contribution in [-0.4, -0.2) is 25.3 Å². The molecule has 0 aromatic heterocycles. The van der Waals surface area contributed by atoms with Crippen molar-refractivity contribution in [1.29, 1.82) is 0 Å². The topological polar surface area (TPSA) is 21.3 Å². The van der Waals surface area contributed by atoms with E-state index in [1.807, 2.05) is 0 Å². The number of hydrogen-bond donors (Lipinski definition) is 1. The number of rotatable bonds is 5. The highest BCUT2D eigenvalue weighted by atomic mass is 16.5. The predicted octanol–water partition coefficient (Wildman–Crippen LogP) is 3.61. The zero-order chi connectivity index (χ0) is 13.0. The fourth-order valence-electron chi connectivity index (χ4n) is 4.04. The van der Waals surface area contributed by atoms with Gasteiger partial charge in [-0.2, -0.15) is 0 Å². The summed E-state index contributed by atoms with van der Waals surface area (Å²) in [6, 6.07) is 0.704. The molecule has 1 saturated heterocycles. The Morgan fingerprint density at radius 3 is 2.44 bits per heavy atom. The second-order valence-corrected chi connectivity index (χ2v) is 6.37. The van der Waals surface area contributed by atoms with Gasteiger partial charge in [-0.05, 0) is 44.1 Å². The summed E-state index contributed by atoms with van der Waals surface area (Å²) < 4.78 is 5.91. The molecule has 1 aliphatic carbocycles. The van der Waals surface area contributed by atoms with Crippen LogP contribution in [0.4, 0.5) is 0 Å².